The third-order valence-corrected chi connectivity index (χ3v) is 7.02. The van der Waals surface area contributed by atoms with Crippen LogP contribution in [0.2, 0.25) is 0 Å². The molecule has 0 amide bonds. The fraction of sp³-hybridized carbons (Fsp3) is 0.286. The van der Waals surface area contributed by atoms with Crippen molar-refractivity contribution in [1.29, 1.82) is 0 Å². The van der Waals surface area contributed by atoms with Crippen LogP contribution < -0.4 is 0 Å². The van der Waals surface area contributed by atoms with Gasteiger partial charge in [0.05, 0.1) is 5.88 Å². The normalized spacial score (nSPS) is 12.0. The first-order chi connectivity index (χ1) is 9.84. The van der Waals surface area contributed by atoms with Crippen molar-refractivity contribution in [2.45, 2.75) is 23.6 Å². The first-order valence-electron chi connectivity index (χ1n) is 6.20. The zero-order chi connectivity index (χ0) is 15.6. The summed E-state index contributed by atoms with van der Waals surface area (Å²) in [7, 11) is -2.05. The number of benzene rings is 1. The Bertz CT molecular complexity index is 726. The van der Waals surface area contributed by atoms with Gasteiger partial charge in [-0.2, -0.15) is 4.31 Å². The van der Waals surface area contributed by atoms with E-state index in [1.165, 1.54) is 34.8 Å². The molecule has 0 saturated carbocycles. The van der Waals surface area contributed by atoms with Gasteiger partial charge in [0.1, 0.15) is 10.0 Å². The van der Waals surface area contributed by atoms with Crippen LogP contribution in [0.4, 0.5) is 4.39 Å². The van der Waals surface area contributed by atoms with Gasteiger partial charge in [-0.05, 0) is 36.2 Å². The summed E-state index contributed by atoms with van der Waals surface area (Å²) in [5.41, 5.74) is 1.61. The van der Waals surface area contributed by atoms with E-state index < -0.39 is 10.0 Å². The Kier molecular flexibility index (Phi) is 5.03. The molecule has 7 heteroatoms. The van der Waals surface area contributed by atoms with Crippen molar-refractivity contribution in [1.82, 2.24) is 4.31 Å². The molecular weight excluding hydrogens is 333 g/mol. The van der Waals surface area contributed by atoms with E-state index in [0.29, 0.717) is 5.88 Å². The number of thiophene rings is 1. The van der Waals surface area contributed by atoms with E-state index in [1.807, 2.05) is 6.92 Å². The average molecular weight is 348 g/mol. The number of hydrogen-bond acceptors (Lipinski definition) is 3. The molecule has 1 aromatic carbocycles. The van der Waals surface area contributed by atoms with Crippen molar-refractivity contribution in [3.05, 3.63) is 52.2 Å². The molecule has 0 unspecified atom stereocenters. The topological polar surface area (TPSA) is 37.4 Å². The minimum absolute atomic E-state index is 0.190. The highest BCUT2D eigenvalue weighted by atomic mass is 35.5. The van der Waals surface area contributed by atoms with E-state index in [1.54, 1.807) is 18.2 Å². The van der Waals surface area contributed by atoms with Gasteiger partial charge in [0.15, 0.2) is 0 Å². The zero-order valence-electron chi connectivity index (χ0n) is 11.6. The molecule has 0 bridgehead atoms. The molecule has 1 heterocycles. The molecule has 0 N–H and O–H groups in total. The molecule has 1 aromatic heterocycles. The van der Waals surface area contributed by atoms with Crippen LogP contribution in [-0.2, 0) is 22.4 Å². The Morgan fingerprint density at radius 1 is 1.29 bits per heavy atom. The number of sulfonamides is 1. The van der Waals surface area contributed by atoms with Gasteiger partial charge in [-0.3, -0.25) is 0 Å². The Labute approximate surface area is 133 Å². The summed E-state index contributed by atoms with van der Waals surface area (Å²) < 4.78 is 39.4. The number of aryl methyl sites for hydroxylation is 1. The minimum atomic E-state index is -3.56. The molecule has 0 saturated heterocycles. The predicted molar refractivity (Wildman–Crippen MR) is 83.7 cm³/mol. The van der Waals surface area contributed by atoms with Gasteiger partial charge in [-0.15, -0.1) is 22.9 Å². The maximum absolute atomic E-state index is 12.9. The summed E-state index contributed by atoms with van der Waals surface area (Å²) in [5.74, 6) is -0.0434. The number of alkyl halides is 1. The third kappa shape index (κ3) is 3.63. The van der Waals surface area contributed by atoms with Crippen molar-refractivity contribution in [2.75, 3.05) is 7.05 Å². The van der Waals surface area contributed by atoms with Crippen LogP contribution in [0.1, 0.15) is 16.0 Å². The van der Waals surface area contributed by atoms with Crippen LogP contribution in [0.3, 0.4) is 0 Å². The number of nitrogens with zero attached hydrogens (tertiary/aromatic N) is 1. The summed E-state index contributed by atoms with van der Waals surface area (Å²) in [4.78, 5) is 0.852. The van der Waals surface area contributed by atoms with E-state index in [4.69, 9.17) is 11.6 Å². The molecule has 0 aliphatic rings. The van der Waals surface area contributed by atoms with Crippen LogP contribution >= 0.6 is 22.9 Å². The lowest BCUT2D eigenvalue weighted by atomic mass is 10.2. The standard InChI is InChI=1S/C14H15ClFNO2S2/c1-10-7-14(20-13(10)8-15)21(18,19)17(2)9-11-3-5-12(16)6-4-11/h3-7H,8-9H2,1-2H3. The molecule has 0 aliphatic carbocycles. The summed E-state index contributed by atoms with van der Waals surface area (Å²) in [6, 6.07) is 7.42. The lowest BCUT2D eigenvalue weighted by molar-refractivity contribution is 0.468. The molecule has 3 nitrogen and oxygen atoms in total. The molecule has 0 aliphatic heterocycles. The van der Waals surface area contributed by atoms with Gasteiger partial charge in [0, 0.05) is 18.5 Å². The monoisotopic (exact) mass is 347 g/mol. The number of rotatable bonds is 5. The van der Waals surface area contributed by atoms with Crippen molar-refractivity contribution in [3.8, 4) is 0 Å². The largest absolute Gasteiger partial charge is 0.252 e. The lowest BCUT2D eigenvalue weighted by Gasteiger charge is -2.16. The lowest BCUT2D eigenvalue weighted by Crippen LogP contribution is -2.25. The Morgan fingerprint density at radius 3 is 2.43 bits per heavy atom. The fourth-order valence-corrected chi connectivity index (χ4v) is 5.02. The Balaban J connectivity index is 2.23. The molecule has 114 valence electrons. The fourth-order valence-electron chi connectivity index (χ4n) is 1.83. The SMILES string of the molecule is Cc1cc(S(=O)(=O)N(C)Cc2ccc(F)cc2)sc1CCl. The highest BCUT2D eigenvalue weighted by molar-refractivity contribution is 7.91. The van der Waals surface area contributed by atoms with E-state index in [2.05, 4.69) is 0 Å². The van der Waals surface area contributed by atoms with Gasteiger partial charge in [0.25, 0.3) is 10.0 Å². The van der Waals surface area contributed by atoms with Crippen molar-refractivity contribution < 1.29 is 12.8 Å². The molecule has 2 rings (SSSR count). The van der Waals surface area contributed by atoms with Gasteiger partial charge in [-0.1, -0.05) is 12.1 Å². The maximum atomic E-state index is 12.9. The van der Waals surface area contributed by atoms with E-state index in [0.717, 1.165) is 16.0 Å². The van der Waals surface area contributed by atoms with Crippen LogP contribution in [0.5, 0.6) is 0 Å². The van der Waals surface area contributed by atoms with Gasteiger partial charge < -0.3 is 0 Å². The van der Waals surface area contributed by atoms with Gasteiger partial charge in [0.2, 0.25) is 0 Å². The van der Waals surface area contributed by atoms with Crippen molar-refractivity contribution >= 4 is 33.0 Å². The second-order valence-corrected chi connectivity index (χ2v) is 8.37. The average Bonchev–Trinajstić information content (AvgIpc) is 2.83. The highest BCUT2D eigenvalue weighted by Crippen LogP contribution is 2.29. The van der Waals surface area contributed by atoms with E-state index in [9.17, 15) is 12.8 Å². The predicted octanol–water partition coefficient (Wildman–Crippen LogP) is 3.76. The highest BCUT2D eigenvalue weighted by Gasteiger charge is 2.24. The molecule has 21 heavy (non-hydrogen) atoms. The van der Waals surface area contributed by atoms with Crippen molar-refractivity contribution in [3.63, 3.8) is 0 Å². The molecule has 0 spiro atoms. The molecule has 0 radical (unpaired) electrons. The van der Waals surface area contributed by atoms with Gasteiger partial charge in [-0.25, -0.2) is 12.8 Å². The van der Waals surface area contributed by atoms with Crippen LogP contribution in [0, 0.1) is 12.7 Å². The van der Waals surface area contributed by atoms with Crippen LogP contribution in [0.15, 0.2) is 34.5 Å². The second-order valence-electron chi connectivity index (χ2n) is 4.69. The maximum Gasteiger partial charge on any atom is 0.252 e. The third-order valence-electron chi connectivity index (χ3n) is 3.10. The summed E-state index contributed by atoms with van der Waals surface area (Å²) in [6.45, 7) is 2.03. The summed E-state index contributed by atoms with van der Waals surface area (Å²) >= 11 is 6.97. The molecule has 0 atom stereocenters. The molecular formula is C14H15ClFNO2S2. The van der Waals surface area contributed by atoms with Crippen LogP contribution in [0.25, 0.3) is 0 Å². The summed E-state index contributed by atoms with van der Waals surface area (Å²) in [5, 5.41) is 0. The number of hydrogen-bond donors (Lipinski definition) is 0. The zero-order valence-corrected chi connectivity index (χ0v) is 14.0. The quantitative estimate of drug-likeness (QED) is 0.772. The number of halogens is 2. The summed E-state index contributed by atoms with van der Waals surface area (Å²) in [6.07, 6.45) is 0. The minimum Gasteiger partial charge on any atom is -0.207 e. The Hall–Kier alpha value is -0.950. The first kappa shape index (κ1) is 16.4. The van der Waals surface area contributed by atoms with Crippen LogP contribution in [-0.4, -0.2) is 19.8 Å². The second kappa shape index (κ2) is 6.44. The molecule has 2 aromatic rings. The molecule has 0 fully saturated rings. The Morgan fingerprint density at radius 2 is 1.90 bits per heavy atom. The van der Waals surface area contributed by atoms with E-state index >= 15 is 0 Å². The van der Waals surface area contributed by atoms with Crippen molar-refractivity contribution in [2.24, 2.45) is 0 Å². The van der Waals surface area contributed by atoms with E-state index in [-0.39, 0.29) is 16.6 Å². The smallest absolute Gasteiger partial charge is 0.207 e. The first-order valence-corrected chi connectivity index (χ1v) is 8.99. The van der Waals surface area contributed by atoms with Gasteiger partial charge >= 0.3 is 0 Å².